The third-order valence-electron chi connectivity index (χ3n) is 4.27. The topological polar surface area (TPSA) is 36.7 Å². The van der Waals surface area contributed by atoms with Crippen molar-refractivity contribution in [1.82, 2.24) is 4.98 Å². The lowest BCUT2D eigenvalue weighted by atomic mass is 10.0. The van der Waals surface area contributed by atoms with Crippen LogP contribution < -0.4 is 0 Å². The van der Waals surface area contributed by atoms with E-state index in [0.717, 1.165) is 30.5 Å². The summed E-state index contributed by atoms with van der Waals surface area (Å²) in [6.07, 6.45) is 5.06. The van der Waals surface area contributed by atoms with Crippen molar-refractivity contribution >= 4 is 0 Å². The Morgan fingerprint density at radius 2 is 1.42 bits per heavy atom. The minimum atomic E-state index is 0.671. The summed E-state index contributed by atoms with van der Waals surface area (Å²) in [4.78, 5) is 4.56. The average molecular weight is 312 g/mol. The van der Waals surface area contributed by atoms with Crippen molar-refractivity contribution < 1.29 is 0 Å². The first kappa shape index (κ1) is 16.0. The van der Waals surface area contributed by atoms with E-state index < -0.39 is 0 Å². The van der Waals surface area contributed by atoms with Gasteiger partial charge in [0.2, 0.25) is 0 Å². The van der Waals surface area contributed by atoms with E-state index >= 15 is 0 Å². The molecule has 24 heavy (non-hydrogen) atoms. The first-order valence-corrected chi connectivity index (χ1v) is 8.32. The molecule has 0 radical (unpaired) electrons. The van der Waals surface area contributed by atoms with Gasteiger partial charge in [-0.2, -0.15) is 5.26 Å². The largest absolute Gasteiger partial charge is 0.256 e. The number of benzene rings is 2. The lowest BCUT2D eigenvalue weighted by Gasteiger charge is -2.05. The van der Waals surface area contributed by atoms with Crippen molar-refractivity contribution in [3.8, 4) is 17.3 Å². The Morgan fingerprint density at radius 1 is 0.792 bits per heavy atom. The molecule has 0 unspecified atom stereocenters. The van der Waals surface area contributed by atoms with Gasteiger partial charge in [0.1, 0.15) is 0 Å². The van der Waals surface area contributed by atoms with Crippen molar-refractivity contribution in [3.63, 3.8) is 0 Å². The van der Waals surface area contributed by atoms with Gasteiger partial charge in [-0.25, -0.2) is 0 Å². The van der Waals surface area contributed by atoms with E-state index in [9.17, 15) is 0 Å². The molecule has 0 amide bonds. The maximum absolute atomic E-state index is 8.85. The van der Waals surface area contributed by atoms with Gasteiger partial charge in [0.05, 0.1) is 17.3 Å². The summed E-state index contributed by atoms with van der Waals surface area (Å²) in [5.74, 6) is 0. The molecule has 0 fully saturated rings. The fraction of sp³-hybridized carbons (Fsp3) is 0.182. The Hall–Kier alpha value is -2.92. The van der Waals surface area contributed by atoms with E-state index in [-0.39, 0.29) is 0 Å². The van der Waals surface area contributed by atoms with Gasteiger partial charge in [-0.15, -0.1) is 0 Å². The van der Waals surface area contributed by atoms with Gasteiger partial charge in [0.15, 0.2) is 0 Å². The molecular formula is C22H20N2. The lowest BCUT2D eigenvalue weighted by molar-refractivity contribution is 0.948. The van der Waals surface area contributed by atoms with Gasteiger partial charge in [-0.1, -0.05) is 49.4 Å². The highest BCUT2D eigenvalue weighted by atomic mass is 14.7. The summed E-state index contributed by atoms with van der Waals surface area (Å²) in [5, 5.41) is 8.85. The number of pyridine rings is 1. The number of hydrogen-bond donors (Lipinski definition) is 0. The highest BCUT2D eigenvalue weighted by Gasteiger charge is 2.01. The molecule has 0 bridgehead atoms. The van der Waals surface area contributed by atoms with Gasteiger partial charge in [-0.05, 0) is 54.2 Å². The summed E-state index contributed by atoms with van der Waals surface area (Å²) < 4.78 is 0. The fourth-order valence-electron chi connectivity index (χ4n) is 2.69. The summed E-state index contributed by atoms with van der Waals surface area (Å²) in [6.45, 7) is 2.18. The third kappa shape index (κ3) is 3.88. The van der Waals surface area contributed by atoms with Crippen molar-refractivity contribution in [1.29, 1.82) is 5.26 Å². The average Bonchev–Trinajstić information content (AvgIpc) is 2.67. The maximum atomic E-state index is 8.85. The van der Waals surface area contributed by atoms with E-state index in [1.165, 1.54) is 16.7 Å². The molecule has 0 N–H and O–H groups in total. The zero-order chi connectivity index (χ0) is 16.8. The molecule has 1 aromatic heterocycles. The Bertz CT molecular complexity index is 823. The molecule has 3 aromatic rings. The molecule has 0 aliphatic carbocycles. The van der Waals surface area contributed by atoms with E-state index in [2.05, 4.69) is 54.4 Å². The normalized spacial score (nSPS) is 10.3. The van der Waals surface area contributed by atoms with Crippen LogP contribution in [0.3, 0.4) is 0 Å². The minimum absolute atomic E-state index is 0.671. The first-order chi connectivity index (χ1) is 11.8. The summed E-state index contributed by atoms with van der Waals surface area (Å²) in [7, 11) is 0. The predicted molar refractivity (Wildman–Crippen MR) is 97.6 cm³/mol. The Labute approximate surface area is 143 Å². The van der Waals surface area contributed by atoms with Gasteiger partial charge >= 0.3 is 0 Å². The molecule has 1 heterocycles. The second-order valence-corrected chi connectivity index (χ2v) is 5.91. The van der Waals surface area contributed by atoms with Gasteiger partial charge in [-0.3, -0.25) is 4.98 Å². The van der Waals surface area contributed by atoms with Crippen LogP contribution in [0.25, 0.3) is 11.3 Å². The molecule has 2 nitrogen and oxygen atoms in total. The quantitative estimate of drug-likeness (QED) is 0.667. The number of hydrogen-bond acceptors (Lipinski definition) is 2. The van der Waals surface area contributed by atoms with Crippen molar-refractivity contribution in [2.24, 2.45) is 0 Å². The number of rotatable bonds is 5. The molecule has 0 saturated heterocycles. The standard InChI is InChI=1S/C22H20N2/c1-2-17-3-5-18(6-4-17)7-8-20-11-14-22(24-16-20)21-12-9-19(15-23)10-13-21/h3-6,9-14,16H,2,7-8H2,1H3. The Kier molecular flexibility index (Phi) is 5.03. The molecule has 3 rings (SSSR count). The summed E-state index contributed by atoms with van der Waals surface area (Å²) >= 11 is 0. The maximum Gasteiger partial charge on any atom is 0.0991 e. The first-order valence-electron chi connectivity index (χ1n) is 8.32. The van der Waals surface area contributed by atoms with Crippen LogP contribution in [0, 0.1) is 11.3 Å². The third-order valence-corrected chi connectivity index (χ3v) is 4.27. The van der Waals surface area contributed by atoms with Crippen LogP contribution in [0.4, 0.5) is 0 Å². The second-order valence-electron chi connectivity index (χ2n) is 5.91. The fourth-order valence-corrected chi connectivity index (χ4v) is 2.69. The SMILES string of the molecule is CCc1ccc(CCc2ccc(-c3ccc(C#N)cc3)nc2)cc1. The van der Waals surface area contributed by atoms with Gasteiger partial charge < -0.3 is 0 Å². The highest BCUT2D eigenvalue weighted by molar-refractivity contribution is 5.60. The molecule has 118 valence electrons. The van der Waals surface area contributed by atoms with Gasteiger partial charge in [0, 0.05) is 11.8 Å². The number of aryl methyl sites for hydroxylation is 3. The lowest BCUT2D eigenvalue weighted by Crippen LogP contribution is -1.93. The number of nitriles is 1. The number of nitrogens with zero attached hydrogens (tertiary/aromatic N) is 2. The summed E-state index contributed by atoms with van der Waals surface area (Å²) in [5.41, 5.74) is 6.64. The number of aromatic nitrogens is 1. The molecule has 0 aliphatic heterocycles. The van der Waals surface area contributed by atoms with Crippen molar-refractivity contribution in [2.75, 3.05) is 0 Å². The zero-order valence-corrected chi connectivity index (χ0v) is 13.9. The van der Waals surface area contributed by atoms with Crippen LogP contribution >= 0.6 is 0 Å². The zero-order valence-electron chi connectivity index (χ0n) is 13.9. The van der Waals surface area contributed by atoms with E-state index in [4.69, 9.17) is 5.26 Å². The van der Waals surface area contributed by atoms with Crippen LogP contribution in [-0.4, -0.2) is 4.98 Å². The van der Waals surface area contributed by atoms with Crippen LogP contribution in [0.1, 0.15) is 29.2 Å². The van der Waals surface area contributed by atoms with Crippen LogP contribution in [0.2, 0.25) is 0 Å². The van der Waals surface area contributed by atoms with Gasteiger partial charge in [0.25, 0.3) is 0 Å². The van der Waals surface area contributed by atoms with Crippen LogP contribution in [0.15, 0.2) is 66.9 Å². The van der Waals surface area contributed by atoms with Crippen LogP contribution in [-0.2, 0) is 19.3 Å². The van der Waals surface area contributed by atoms with Crippen LogP contribution in [0.5, 0.6) is 0 Å². The highest BCUT2D eigenvalue weighted by Crippen LogP contribution is 2.18. The molecule has 0 atom stereocenters. The monoisotopic (exact) mass is 312 g/mol. The van der Waals surface area contributed by atoms with Crippen molar-refractivity contribution in [3.05, 3.63) is 89.1 Å². The second kappa shape index (κ2) is 7.57. The van der Waals surface area contributed by atoms with E-state index in [1.807, 2.05) is 30.5 Å². The molecule has 2 heteroatoms. The molecular weight excluding hydrogens is 292 g/mol. The van der Waals surface area contributed by atoms with E-state index in [1.54, 1.807) is 0 Å². The Balaban J connectivity index is 1.64. The minimum Gasteiger partial charge on any atom is -0.256 e. The van der Waals surface area contributed by atoms with E-state index in [0.29, 0.717) is 5.56 Å². The van der Waals surface area contributed by atoms with Crippen molar-refractivity contribution in [2.45, 2.75) is 26.2 Å². The molecule has 2 aromatic carbocycles. The molecule has 0 aliphatic rings. The summed E-state index contributed by atoms with van der Waals surface area (Å²) in [6, 6.07) is 22.7. The Morgan fingerprint density at radius 3 is 2.00 bits per heavy atom. The smallest absolute Gasteiger partial charge is 0.0991 e. The predicted octanol–water partition coefficient (Wildman–Crippen LogP) is 4.97. The molecule has 0 saturated carbocycles. The molecule has 0 spiro atoms.